The Morgan fingerprint density at radius 1 is 1.12 bits per heavy atom. The molecule has 0 heterocycles. The summed E-state index contributed by atoms with van der Waals surface area (Å²) in [5, 5.41) is 2.96. The topological polar surface area (TPSA) is 63.2 Å². The molecule has 3 rings (SSSR count). The summed E-state index contributed by atoms with van der Waals surface area (Å²) in [5.41, 5.74) is 3.41. The number of rotatable bonds is 5. The van der Waals surface area contributed by atoms with Crippen molar-refractivity contribution in [1.82, 2.24) is 5.32 Å². The van der Waals surface area contributed by atoms with Gasteiger partial charge < -0.3 is 5.32 Å². The maximum Gasteiger partial charge on any atom is 0.221 e. The minimum Gasteiger partial charge on any atom is -0.349 e. The largest absolute Gasteiger partial charge is 0.349 e. The number of nitrogens with one attached hydrogen (secondary N) is 1. The Morgan fingerprint density at radius 2 is 1.83 bits per heavy atom. The van der Waals surface area contributed by atoms with Crippen LogP contribution in [-0.4, -0.2) is 20.1 Å². The lowest BCUT2D eigenvalue weighted by atomic mass is 10.1. The van der Waals surface area contributed by atoms with Gasteiger partial charge in [0.1, 0.15) is 0 Å². The third-order valence-electron chi connectivity index (χ3n) is 4.45. The molecule has 1 atom stereocenters. The third-order valence-corrected chi connectivity index (χ3v) is 6.18. The van der Waals surface area contributed by atoms with Gasteiger partial charge in [-0.2, -0.15) is 0 Å². The van der Waals surface area contributed by atoms with Crippen molar-refractivity contribution in [2.45, 2.75) is 37.1 Å². The molecule has 0 radical (unpaired) electrons. The lowest BCUT2D eigenvalue weighted by Gasteiger charge is -2.14. The van der Waals surface area contributed by atoms with Crippen LogP contribution in [0.25, 0.3) is 0 Å². The summed E-state index contributed by atoms with van der Waals surface area (Å²) in [4.78, 5) is 12.4. The van der Waals surface area contributed by atoms with Crippen molar-refractivity contribution in [3.63, 3.8) is 0 Å². The van der Waals surface area contributed by atoms with Crippen molar-refractivity contribution >= 4 is 15.7 Å². The summed E-state index contributed by atoms with van der Waals surface area (Å²) in [6.07, 6.45) is 1.80. The van der Waals surface area contributed by atoms with Crippen LogP contribution in [-0.2, 0) is 21.1 Å². The van der Waals surface area contributed by atoms with E-state index in [0.717, 1.165) is 24.0 Å². The van der Waals surface area contributed by atoms with Gasteiger partial charge in [0, 0.05) is 6.42 Å². The molecule has 0 spiro atoms. The molecule has 1 aliphatic carbocycles. The van der Waals surface area contributed by atoms with E-state index in [1.54, 1.807) is 24.3 Å². The number of amides is 1. The SMILES string of the molecule is Cc1ccc(S(=O)(=O)CCC(=O)N[C@H]2CCc3ccccc32)cc1. The Morgan fingerprint density at radius 3 is 2.58 bits per heavy atom. The van der Waals surface area contributed by atoms with Crippen molar-refractivity contribution in [1.29, 1.82) is 0 Å². The van der Waals surface area contributed by atoms with Gasteiger partial charge in [0.25, 0.3) is 0 Å². The molecule has 126 valence electrons. The smallest absolute Gasteiger partial charge is 0.221 e. The van der Waals surface area contributed by atoms with Crippen LogP contribution < -0.4 is 5.32 Å². The molecular formula is C19H21NO3S. The number of hydrogen-bond acceptors (Lipinski definition) is 3. The van der Waals surface area contributed by atoms with E-state index < -0.39 is 9.84 Å². The number of hydrogen-bond donors (Lipinski definition) is 1. The summed E-state index contributed by atoms with van der Waals surface area (Å²) in [5.74, 6) is -0.386. The Balaban J connectivity index is 1.59. The first-order valence-electron chi connectivity index (χ1n) is 8.12. The molecule has 0 saturated heterocycles. The van der Waals surface area contributed by atoms with Crippen molar-refractivity contribution < 1.29 is 13.2 Å². The molecular weight excluding hydrogens is 322 g/mol. The van der Waals surface area contributed by atoms with Crippen LogP contribution in [0.5, 0.6) is 0 Å². The Hall–Kier alpha value is -2.14. The number of benzene rings is 2. The van der Waals surface area contributed by atoms with E-state index in [-0.39, 0.29) is 29.0 Å². The predicted molar refractivity (Wildman–Crippen MR) is 93.5 cm³/mol. The first-order valence-corrected chi connectivity index (χ1v) is 9.77. The molecule has 0 bridgehead atoms. The summed E-state index contributed by atoms with van der Waals surface area (Å²) >= 11 is 0. The average molecular weight is 343 g/mol. The number of aryl methyl sites for hydroxylation is 2. The fourth-order valence-corrected chi connectivity index (χ4v) is 4.30. The van der Waals surface area contributed by atoms with E-state index in [9.17, 15) is 13.2 Å². The molecule has 0 saturated carbocycles. The predicted octanol–water partition coefficient (Wildman–Crippen LogP) is 2.96. The van der Waals surface area contributed by atoms with E-state index in [1.165, 1.54) is 5.56 Å². The van der Waals surface area contributed by atoms with Gasteiger partial charge >= 0.3 is 0 Å². The fraction of sp³-hybridized carbons (Fsp3) is 0.316. The highest BCUT2D eigenvalue weighted by atomic mass is 32.2. The summed E-state index contributed by atoms with van der Waals surface area (Å²) in [6.45, 7) is 1.91. The molecule has 0 aliphatic heterocycles. The second-order valence-electron chi connectivity index (χ2n) is 6.24. The monoisotopic (exact) mass is 343 g/mol. The molecule has 1 amide bonds. The molecule has 0 unspecified atom stereocenters. The van der Waals surface area contributed by atoms with E-state index in [0.29, 0.717) is 0 Å². The number of fused-ring (bicyclic) bond motifs is 1. The molecule has 2 aromatic rings. The van der Waals surface area contributed by atoms with Gasteiger partial charge in [0.05, 0.1) is 16.7 Å². The maximum absolute atomic E-state index is 12.3. The van der Waals surface area contributed by atoms with Crippen LogP contribution in [0.2, 0.25) is 0 Å². The van der Waals surface area contributed by atoms with Crippen molar-refractivity contribution in [2.24, 2.45) is 0 Å². The summed E-state index contributed by atoms with van der Waals surface area (Å²) in [6, 6.07) is 14.8. The first kappa shape index (κ1) is 16.7. The zero-order chi connectivity index (χ0) is 17.2. The van der Waals surface area contributed by atoms with Crippen LogP contribution in [0.3, 0.4) is 0 Å². The second-order valence-corrected chi connectivity index (χ2v) is 8.35. The maximum atomic E-state index is 12.3. The fourth-order valence-electron chi connectivity index (χ4n) is 3.06. The van der Waals surface area contributed by atoms with Gasteiger partial charge in [-0.05, 0) is 43.0 Å². The quantitative estimate of drug-likeness (QED) is 0.908. The van der Waals surface area contributed by atoms with Crippen LogP contribution in [0.1, 0.15) is 35.6 Å². The Labute approximate surface area is 142 Å². The molecule has 1 N–H and O–H groups in total. The van der Waals surface area contributed by atoms with E-state index in [4.69, 9.17) is 0 Å². The zero-order valence-corrected chi connectivity index (χ0v) is 14.5. The molecule has 0 fully saturated rings. The van der Waals surface area contributed by atoms with Crippen molar-refractivity contribution in [2.75, 3.05) is 5.75 Å². The first-order chi connectivity index (χ1) is 11.5. The van der Waals surface area contributed by atoms with Crippen LogP contribution in [0.15, 0.2) is 53.4 Å². The van der Waals surface area contributed by atoms with Gasteiger partial charge in [0.15, 0.2) is 9.84 Å². The van der Waals surface area contributed by atoms with Gasteiger partial charge in [-0.1, -0.05) is 42.0 Å². The summed E-state index contributed by atoms with van der Waals surface area (Å²) < 4.78 is 24.6. The van der Waals surface area contributed by atoms with Gasteiger partial charge in [-0.3, -0.25) is 4.79 Å². The van der Waals surface area contributed by atoms with Gasteiger partial charge in [0.2, 0.25) is 5.91 Å². The van der Waals surface area contributed by atoms with Gasteiger partial charge in [-0.25, -0.2) is 8.42 Å². The van der Waals surface area contributed by atoms with Crippen LogP contribution in [0, 0.1) is 6.92 Å². The molecule has 1 aliphatic rings. The standard InChI is InChI=1S/C19H21NO3S/c1-14-6-9-16(10-7-14)24(22,23)13-12-19(21)20-18-11-8-15-4-2-3-5-17(15)18/h2-7,9-10,18H,8,11-13H2,1H3,(H,20,21)/t18-/m0/s1. The minimum atomic E-state index is -3.43. The highest BCUT2D eigenvalue weighted by Crippen LogP contribution is 2.30. The highest BCUT2D eigenvalue weighted by Gasteiger charge is 2.24. The highest BCUT2D eigenvalue weighted by molar-refractivity contribution is 7.91. The molecule has 4 nitrogen and oxygen atoms in total. The Kier molecular flexibility index (Phi) is 4.71. The van der Waals surface area contributed by atoms with E-state index in [2.05, 4.69) is 11.4 Å². The molecule has 5 heteroatoms. The van der Waals surface area contributed by atoms with E-state index >= 15 is 0 Å². The Bertz CT molecular complexity index is 841. The summed E-state index contributed by atoms with van der Waals surface area (Å²) in [7, 11) is -3.43. The molecule has 2 aromatic carbocycles. The number of sulfone groups is 1. The van der Waals surface area contributed by atoms with Crippen molar-refractivity contribution in [3.8, 4) is 0 Å². The number of carbonyl (C=O) groups is 1. The van der Waals surface area contributed by atoms with Crippen LogP contribution in [0.4, 0.5) is 0 Å². The van der Waals surface area contributed by atoms with Gasteiger partial charge in [-0.15, -0.1) is 0 Å². The normalized spacial score (nSPS) is 16.6. The minimum absolute atomic E-state index is 0.00391. The zero-order valence-electron chi connectivity index (χ0n) is 13.7. The lowest BCUT2D eigenvalue weighted by Crippen LogP contribution is -2.28. The second kappa shape index (κ2) is 6.77. The van der Waals surface area contributed by atoms with Crippen molar-refractivity contribution in [3.05, 3.63) is 65.2 Å². The lowest BCUT2D eigenvalue weighted by molar-refractivity contribution is -0.121. The number of carbonyl (C=O) groups excluding carboxylic acids is 1. The molecule has 0 aromatic heterocycles. The average Bonchev–Trinajstić information content (AvgIpc) is 2.97. The van der Waals surface area contributed by atoms with Crippen LogP contribution >= 0.6 is 0 Å². The molecule has 24 heavy (non-hydrogen) atoms. The van der Waals surface area contributed by atoms with E-state index in [1.807, 2.05) is 25.1 Å². The third kappa shape index (κ3) is 3.67.